The molecule has 0 aromatic rings. The van der Waals surface area contributed by atoms with Crippen LogP contribution >= 0.6 is 0 Å². The quantitative estimate of drug-likeness (QED) is 0.600. The van der Waals surface area contributed by atoms with Crippen LogP contribution in [-0.4, -0.2) is 42.9 Å². The van der Waals surface area contributed by atoms with Crippen LogP contribution in [-0.2, 0) is 9.16 Å². The minimum Gasteiger partial charge on any atom is -0.414 e. The van der Waals surface area contributed by atoms with Crippen LogP contribution in [0.15, 0.2) is 0 Å². The molecule has 1 aliphatic rings. The topological polar surface area (TPSA) is 58.9 Å². The van der Waals surface area contributed by atoms with Gasteiger partial charge in [0.1, 0.15) is 18.8 Å². The molecule has 103 valence electrons. The van der Waals surface area contributed by atoms with Crippen molar-refractivity contribution in [3.05, 3.63) is 6.61 Å². The molecule has 18 heavy (non-hydrogen) atoms. The molecular weight excluding hydrogens is 248 g/mol. The van der Waals surface area contributed by atoms with Crippen LogP contribution in [0.2, 0.25) is 18.1 Å². The second-order valence-electron chi connectivity index (χ2n) is 6.25. The Morgan fingerprint density at radius 1 is 1.50 bits per heavy atom. The number of hydrogen-bond donors (Lipinski definition) is 2. The molecule has 1 rings (SSSR count). The van der Waals surface area contributed by atoms with Gasteiger partial charge in [0, 0.05) is 0 Å². The summed E-state index contributed by atoms with van der Waals surface area (Å²) in [6.45, 7) is 12.0. The van der Waals surface area contributed by atoms with Gasteiger partial charge < -0.3 is 19.4 Å². The number of aliphatic hydroxyl groups is 2. The zero-order valence-corrected chi connectivity index (χ0v) is 12.7. The van der Waals surface area contributed by atoms with Crippen LogP contribution < -0.4 is 0 Å². The number of ether oxygens (including phenoxy) is 1. The van der Waals surface area contributed by atoms with Crippen molar-refractivity contribution in [2.45, 2.75) is 56.7 Å². The van der Waals surface area contributed by atoms with Gasteiger partial charge in [-0.15, -0.1) is 6.42 Å². The minimum absolute atomic E-state index is 0.0716. The van der Waals surface area contributed by atoms with E-state index in [0.29, 0.717) is 0 Å². The van der Waals surface area contributed by atoms with Crippen molar-refractivity contribution in [1.82, 2.24) is 0 Å². The lowest BCUT2D eigenvalue weighted by Crippen LogP contribution is -2.50. The Bertz CT molecular complexity index is 342. The van der Waals surface area contributed by atoms with Crippen molar-refractivity contribution in [2.24, 2.45) is 0 Å². The van der Waals surface area contributed by atoms with Gasteiger partial charge in [0.05, 0.1) is 6.61 Å². The van der Waals surface area contributed by atoms with Crippen LogP contribution in [0.25, 0.3) is 0 Å². The van der Waals surface area contributed by atoms with Crippen molar-refractivity contribution in [3.63, 3.8) is 0 Å². The molecule has 1 heterocycles. The number of terminal acetylenes is 1. The number of rotatable bonds is 3. The van der Waals surface area contributed by atoms with Crippen LogP contribution in [0.4, 0.5) is 0 Å². The molecule has 0 bridgehead atoms. The third-order valence-corrected chi connectivity index (χ3v) is 8.45. The zero-order chi connectivity index (χ0) is 14.2. The van der Waals surface area contributed by atoms with Crippen molar-refractivity contribution in [1.29, 1.82) is 0 Å². The third-order valence-electron chi connectivity index (χ3n) is 3.95. The summed E-state index contributed by atoms with van der Waals surface area (Å²) < 4.78 is 11.2. The maximum Gasteiger partial charge on any atom is 0.192 e. The molecule has 1 aliphatic heterocycles. The standard InChI is InChI=1S/C13H23O4Si/c1-7-13(15)10(14)8-16-11(13)9-17-18(5,6)12(2,3)4/h1,8,10-11,14-15H,9H2,2-6H3/t10-,11+,13-/m0/s1. The number of aliphatic hydroxyl groups excluding tert-OH is 1. The summed E-state index contributed by atoms with van der Waals surface area (Å²) in [6, 6.07) is 0. The fourth-order valence-electron chi connectivity index (χ4n) is 1.41. The van der Waals surface area contributed by atoms with Crippen molar-refractivity contribution >= 4 is 8.32 Å². The highest BCUT2D eigenvalue weighted by Crippen LogP contribution is 2.38. The molecule has 0 saturated carbocycles. The highest BCUT2D eigenvalue weighted by Gasteiger charge is 2.50. The lowest BCUT2D eigenvalue weighted by molar-refractivity contribution is -0.0488. The Morgan fingerprint density at radius 3 is 2.50 bits per heavy atom. The summed E-state index contributed by atoms with van der Waals surface area (Å²) in [5.74, 6) is 2.20. The van der Waals surface area contributed by atoms with Gasteiger partial charge >= 0.3 is 0 Å². The zero-order valence-electron chi connectivity index (χ0n) is 11.7. The molecule has 0 amide bonds. The lowest BCUT2D eigenvalue weighted by atomic mass is 9.95. The SMILES string of the molecule is C#C[C@]1(O)[C@@H](O)[CH]O[C@@H]1CO[Si](C)(C)C(C)(C)C. The normalized spacial score (nSPS) is 33.4. The molecule has 5 heteroatoms. The second-order valence-corrected chi connectivity index (χ2v) is 11.1. The minimum atomic E-state index is -1.92. The summed E-state index contributed by atoms with van der Waals surface area (Å²) in [5, 5.41) is 19.8. The van der Waals surface area contributed by atoms with Crippen LogP contribution in [0, 0.1) is 19.0 Å². The molecule has 0 aromatic carbocycles. The smallest absolute Gasteiger partial charge is 0.192 e. The van der Waals surface area contributed by atoms with Gasteiger partial charge in [-0.1, -0.05) is 26.7 Å². The number of hydrogen-bond acceptors (Lipinski definition) is 4. The summed E-state index contributed by atoms with van der Waals surface area (Å²) in [4.78, 5) is 0. The van der Waals surface area contributed by atoms with E-state index in [2.05, 4.69) is 39.8 Å². The van der Waals surface area contributed by atoms with Crippen molar-refractivity contribution in [2.75, 3.05) is 6.61 Å². The summed E-state index contributed by atoms with van der Waals surface area (Å²) >= 11 is 0. The van der Waals surface area contributed by atoms with Gasteiger partial charge in [-0.3, -0.25) is 0 Å². The molecule has 4 nitrogen and oxygen atoms in total. The monoisotopic (exact) mass is 271 g/mol. The largest absolute Gasteiger partial charge is 0.414 e. The van der Waals surface area contributed by atoms with Gasteiger partial charge in [0.25, 0.3) is 0 Å². The van der Waals surface area contributed by atoms with Gasteiger partial charge in [-0.2, -0.15) is 0 Å². The predicted octanol–water partition coefficient (Wildman–Crippen LogP) is 1.29. The molecule has 3 atom stereocenters. The van der Waals surface area contributed by atoms with Gasteiger partial charge in [-0.05, 0) is 18.1 Å². The van der Waals surface area contributed by atoms with E-state index < -0.39 is 26.1 Å². The molecular formula is C13H23O4Si. The highest BCUT2D eigenvalue weighted by molar-refractivity contribution is 6.74. The first kappa shape index (κ1) is 15.7. The summed E-state index contributed by atoms with van der Waals surface area (Å²) in [7, 11) is -1.92. The van der Waals surface area contributed by atoms with Gasteiger partial charge in [0.2, 0.25) is 0 Å². The molecule has 1 saturated heterocycles. The average molecular weight is 271 g/mol. The van der Waals surface area contributed by atoms with Crippen molar-refractivity contribution < 1.29 is 19.4 Å². The molecule has 1 radical (unpaired) electrons. The highest BCUT2D eigenvalue weighted by atomic mass is 28.4. The fraction of sp³-hybridized carbons (Fsp3) is 0.769. The first-order chi connectivity index (χ1) is 8.04. The Morgan fingerprint density at radius 2 is 2.06 bits per heavy atom. The Hall–Kier alpha value is -0.383. The maximum atomic E-state index is 10.1. The van der Waals surface area contributed by atoms with E-state index in [0.717, 1.165) is 0 Å². The van der Waals surface area contributed by atoms with E-state index in [-0.39, 0.29) is 11.6 Å². The first-order valence-corrected chi connectivity index (χ1v) is 8.96. The molecule has 0 aliphatic carbocycles. The third kappa shape index (κ3) is 2.78. The summed E-state index contributed by atoms with van der Waals surface area (Å²) in [6.07, 6.45) is 3.38. The Labute approximate surface area is 110 Å². The Balaban J connectivity index is 2.69. The predicted molar refractivity (Wildman–Crippen MR) is 72.1 cm³/mol. The van der Waals surface area contributed by atoms with E-state index in [9.17, 15) is 10.2 Å². The molecule has 1 fully saturated rings. The second kappa shape index (κ2) is 4.95. The van der Waals surface area contributed by atoms with E-state index >= 15 is 0 Å². The van der Waals surface area contributed by atoms with E-state index in [4.69, 9.17) is 15.6 Å². The first-order valence-electron chi connectivity index (χ1n) is 6.05. The summed E-state index contributed by atoms with van der Waals surface area (Å²) in [5.41, 5.74) is -1.69. The Kier molecular flexibility index (Phi) is 4.31. The van der Waals surface area contributed by atoms with E-state index in [1.165, 1.54) is 6.61 Å². The van der Waals surface area contributed by atoms with Gasteiger partial charge in [-0.25, -0.2) is 0 Å². The van der Waals surface area contributed by atoms with Gasteiger partial charge in [0.15, 0.2) is 13.9 Å². The van der Waals surface area contributed by atoms with Crippen LogP contribution in [0.3, 0.4) is 0 Å². The lowest BCUT2D eigenvalue weighted by Gasteiger charge is -2.37. The van der Waals surface area contributed by atoms with Crippen LogP contribution in [0.5, 0.6) is 0 Å². The van der Waals surface area contributed by atoms with Crippen molar-refractivity contribution in [3.8, 4) is 12.3 Å². The molecule has 0 unspecified atom stereocenters. The molecule has 0 spiro atoms. The average Bonchev–Trinajstić information content (AvgIpc) is 2.52. The molecule has 2 N–H and O–H groups in total. The van der Waals surface area contributed by atoms with Crippen LogP contribution in [0.1, 0.15) is 20.8 Å². The maximum absolute atomic E-state index is 10.1. The fourth-order valence-corrected chi connectivity index (χ4v) is 2.41. The van der Waals surface area contributed by atoms with E-state index in [1.807, 2.05) is 0 Å². The molecule has 0 aromatic heterocycles. The van der Waals surface area contributed by atoms with E-state index in [1.54, 1.807) is 0 Å².